The summed E-state index contributed by atoms with van der Waals surface area (Å²) in [5, 5.41) is 0.965. The highest BCUT2D eigenvalue weighted by Gasteiger charge is 2.26. The third-order valence-corrected chi connectivity index (χ3v) is 7.31. The fourth-order valence-electron chi connectivity index (χ4n) is 4.26. The van der Waals surface area contributed by atoms with Crippen molar-refractivity contribution in [3.05, 3.63) is 46.9 Å². The number of piperazine rings is 1. The summed E-state index contributed by atoms with van der Waals surface area (Å²) < 4.78 is 14.2. The van der Waals surface area contributed by atoms with Gasteiger partial charge in [-0.3, -0.25) is 4.79 Å². The standard InChI is InChI=1S/C24H30FN5OS/c1-4-6-11-28(5-2)24(31)21-17(3)20-22(26-16-27-23(20)32-21)30-14-12-29(13-15-30)19-10-8-7-9-18(19)25/h7-10,16H,4-6,11-15H2,1-3H3. The van der Waals surface area contributed by atoms with E-state index in [-0.39, 0.29) is 11.7 Å². The quantitative estimate of drug-likeness (QED) is 0.516. The molecule has 0 atom stereocenters. The molecule has 0 radical (unpaired) electrons. The molecule has 0 bridgehead atoms. The average molecular weight is 456 g/mol. The smallest absolute Gasteiger partial charge is 0.264 e. The predicted octanol–water partition coefficient (Wildman–Crippen LogP) is 4.73. The topological polar surface area (TPSA) is 52.6 Å². The molecular formula is C24H30FN5OS. The van der Waals surface area contributed by atoms with Crippen LogP contribution in [0.1, 0.15) is 41.9 Å². The van der Waals surface area contributed by atoms with Crippen LogP contribution in [0.2, 0.25) is 0 Å². The lowest BCUT2D eigenvalue weighted by Crippen LogP contribution is -2.47. The minimum atomic E-state index is -0.189. The van der Waals surface area contributed by atoms with E-state index < -0.39 is 0 Å². The largest absolute Gasteiger partial charge is 0.366 e. The molecule has 1 aliphatic rings. The summed E-state index contributed by atoms with van der Waals surface area (Å²) in [6.45, 7) is 10.5. The maximum Gasteiger partial charge on any atom is 0.264 e. The second-order valence-corrected chi connectivity index (χ2v) is 9.10. The summed E-state index contributed by atoms with van der Waals surface area (Å²) in [4.78, 5) is 30.1. The van der Waals surface area contributed by atoms with E-state index in [0.29, 0.717) is 25.3 Å². The zero-order chi connectivity index (χ0) is 22.7. The van der Waals surface area contributed by atoms with Crippen molar-refractivity contribution in [1.29, 1.82) is 0 Å². The number of unbranched alkanes of at least 4 members (excludes halogenated alkanes) is 1. The molecule has 0 spiro atoms. The Morgan fingerprint density at radius 1 is 1.12 bits per heavy atom. The number of nitrogens with zero attached hydrogens (tertiary/aromatic N) is 5. The Kier molecular flexibility index (Phi) is 6.89. The molecule has 0 saturated carbocycles. The number of aryl methyl sites for hydroxylation is 1. The van der Waals surface area contributed by atoms with E-state index in [2.05, 4.69) is 26.7 Å². The van der Waals surface area contributed by atoms with Crippen molar-refractivity contribution in [1.82, 2.24) is 14.9 Å². The minimum absolute atomic E-state index is 0.0803. The summed E-state index contributed by atoms with van der Waals surface area (Å²) in [6.07, 6.45) is 3.64. The van der Waals surface area contributed by atoms with E-state index in [4.69, 9.17) is 0 Å². The number of carbonyl (C=O) groups is 1. The molecule has 3 aromatic rings. The van der Waals surface area contributed by atoms with Gasteiger partial charge >= 0.3 is 0 Å². The van der Waals surface area contributed by atoms with Gasteiger partial charge in [-0.15, -0.1) is 11.3 Å². The molecule has 1 fully saturated rings. The lowest BCUT2D eigenvalue weighted by Gasteiger charge is -2.37. The van der Waals surface area contributed by atoms with Crippen LogP contribution in [0.3, 0.4) is 0 Å². The molecule has 0 unspecified atom stereocenters. The summed E-state index contributed by atoms with van der Waals surface area (Å²) >= 11 is 1.46. The Morgan fingerprint density at radius 2 is 1.84 bits per heavy atom. The van der Waals surface area contributed by atoms with Crippen LogP contribution >= 0.6 is 11.3 Å². The number of rotatable bonds is 7. The Bertz CT molecular complexity index is 1090. The van der Waals surface area contributed by atoms with Crippen LogP contribution < -0.4 is 9.80 Å². The number of hydrogen-bond donors (Lipinski definition) is 0. The maximum atomic E-state index is 14.2. The van der Waals surface area contributed by atoms with Crippen LogP contribution in [0.5, 0.6) is 0 Å². The first kappa shape index (κ1) is 22.5. The molecule has 170 valence electrons. The Labute approximate surface area is 192 Å². The molecule has 8 heteroatoms. The summed E-state index contributed by atoms with van der Waals surface area (Å²) in [7, 11) is 0. The van der Waals surface area contributed by atoms with E-state index in [0.717, 1.165) is 59.0 Å². The fourth-order valence-corrected chi connectivity index (χ4v) is 5.37. The SMILES string of the molecule is CCCCN(CC)C(=O)c1sc2ncnc(N3CCN(c4ccccc4F)CC3)c2c1C. The number of halogens is 1. The first-order valence-electron chi connectivity index (χ1n) is 11.3. The van der Waals surface area contributed by atoms with Crippen molar-refractivity contribution in [2.75, 3.05) is 49.1 Å². The highest BCUT2D eigenvalue weighted by molar-refractivity contribution is 7.20. The number of thiophene rings is 1. The minimum Gasteiger partial charge on any atom is -0.366 e. The number of benzene rings is 1. The van der Waals surface area contributed by atoms with Crippen LogP contribution in [0.25, 0.3) is 10.2 Å². The van der Waals surface area contributed by atoms with Crippen molar-refractivity contribution in [3.8, 4) is 0 Å². The van der Waals surface area contributed by atoms with Gasteiger partial charge in [0.25, 0.3) is 5.91 Å². The molecule has 1 aliphatic heterocycles. The molecule has 2 aromatic heterocycles. The highest BCUT2D eigenvalue weighted by atomic mass is 32.1. The molecule has 0 aliphatic carbocycles. The average Bonchev–Trinajstić information content (AvgIpc) is 3.16. The number of aromatic nitrogens is 2. The maximum absolute atomic E-state index is 14.2. The van der Waals surface area contributed by atoms with Gasteiger partial charge in [0.1, 0.15) is 22.8 Å². The molecule has 1 amide bonds. The normalized spacial score (nSPS) is 14.2. The first-order valence-corrected chi connectivity index (χ1v) is 12.1. The number of amides is 1. The molecular weight excluding hydrogens is 425 g/mol. The molecule has 4 rings (SSSR count). The van der Waals surface area contributed by atoms with Gasteiger partial charge in [0.2, 0.25) is 0 Å². The van der Waals surface area contributed by atoms with Crippen molar-refractivity contribution in [2.24, 2.45) is 0 Å². The van der Waals surface area contributed by atoms with E-state index in [9.17, 15) is 9.18 Å². The van der Waals surface area contributed by atoms with E-state index in [1.54, 1.807) is 12.4 Å². The lowest BCUT2D eigenvalue weighted by molar-refractivity contribution is 0.0766. The number of hydrogen-bond acceptors (Lipinski definition) is 6. The number of carbonyl (C=O) groups excluding carboxylic acids is 1. The Balaban J connectivity index is 1.58. The van der Waals surface area contributed by atoms with Crippen molar-refractivity contribution < 1.29 is 9.18 Å². The van der Waals surface area contributed by atoms with Crippen molar-refractivity contribution in [2.45, 2.75) is 33.6 Å². The van der Waals surface area contributed by atoms with Crippen LogP contribution in [-0.2, 0) is 0 Å². The summed E-state index contributed by atoms with van der Waals surface area (Å²) in [5.41, 5.74) is 1.60. The van der Waals surface area contributed by atoms with Gasteiger partial charge < -0.3 is 14.7 Å². The van der Waals surface area contributed by atoms with E-state index in [1.165, 1.54) is 17.4 Å². The van der Waals surface area contributed by atoms with Crippen LogP contribution in [0, 0.1) is 12.7 Å². The third-order valence-electron chi connectivity index (χ3n) is 6.12. The summed E-state index contributed by atoms with van der Waals surface area (Å²) in [5.74, 6) is 0.759. The molecule has 6 nitrogen and oxygen atoms in total. The van der Waals surface area contributed by atoms with Gasteiger partial charge in [-0.1, -0.05) is 25.5 Å². The van der Waals surface area contributed by atoms with E-state index >= 15 is 0 Å². The molecule has 1 aromatic carbocycles. The number of fused-ring (bicyclic) bond motifs is 1. The van der Waals surface area contributed by atoms with Crippen LogP contribution in [0.15, 0.2) is 30.6 Å². The number of anilines is 2. The monoisotopic (exact) mass is 455 g/mol. The molecule has 32 heavy (non-hydrogen) atoms. The van der Waals surface area contributed by atoms with Gasteiger partial charge in [-0.05, 0) is 38.0 Å². The van der Waals surface area contributed by atoms with Gasteiger partial charge in [0, 0.05) is 39.3 Å². The second-order valence-electron chi connectivity index (χ2n) is 8.10. The zero-order valence-corrected chi connectivity index (χ0v) is 19.8. The van der Waals surface area contributed by atoms with Gasteiger partial charge in [0.05, 0.1) is 16.0 Å². The third kappa shape index (κ3) is 4.28. The second kappa shape index (κ2) is 9.81. The zero-order valence-electron chi connectivity index (χ0n) is 19.0. The van der Waals surface area contributed by atoms with Crippen molar-refractivity contribution in [3.63, 3.8) is 0 Å². The Hall–Kier alpha value is -2.74. The van der Waals surface area contributed by atoms with Crippen molar-refractivity contribution >= 4 is 39.0 Å². The van der Waals surface area contributed by atoms with Gasteiger partial charge in [-0.25, -0.2) is 14.4 Å². The first-order chi connectivity index (χ1) is 15.5. The van der Waals surface area contributed by atoms with Gasteiger partial charge in [0.15, 0.2) is 0 Å². The summed E-state index contributed by atoms with van der Waals surface area (Å²) in [6, 6.07) is 6.91. The lowest BCUT2D eigenvalue weighted by atomic mass is 10.1. The Morgan fingerprint density at radius 3 is 2.53 bits per heavy atom. The van der Waals surface area contributed by atoms with Crippen LogP contribution in [-0.4, -0.2) is 60.0 Å². The number of para-hydroxylation sites is 1. The molecule has 3 heterocycles. The van der Waals surface area contributed by atoms with E-state index in [1.807, 2.05) is 30.9 Å². The predicted molar refractivity (Wildman–Crippen MR) is 129 cm³/mol. The molecule has 0 N–H and O–H groups in total. The highest BCUT2D eigenvalue weighted by Crippen LogP contribution is 2.36. The fraction of sp³-hybridized carbons (Fsp3) is 0.458. The van der Waals surface area contributed by atoms with Crippen LogP contribution in [0.4, 0.5) is 15.9 Å². The van der Waals surface area contributed by atoms with Gasteiger partial charge in [-0.2, -0.15) is 0 Å². The molecule has 1 saturated heterocycles.